The van der Waals surface area contributed by atoms with E-state index in [2.05, 4.69) is 15.3 Å². The number of hydrogen-bond donors (Lipinski definition) is 1. The second-order valence-corrected chi connectivity index (χ2v) is 7.43. The van der Waals surface area contributed by atoms with Crippen LogP contribution in [0.1, 0.15) is 10.6 Å². The molecule has 1 aliphatic rings. The molecule has 0 bridgehead atoms. The fourth-order valence-corrected chi connectivity index (χ4v) is 3.60. The average molecular weight is 520 g/mol. The van der Waals surface area contributed by atoms with E-state index in [1.165, 1.54) is 0 Å². The second-order valence-electron chi connectivity index (χ2n) is 6.01. The van der Waals surface area contributed by atoms with Crippen LogP contribution in [-0.4, -0.2) is 59.9 Å². The lowest BCUT2D eigenvalue weighted by molar-refractivity contribution is -0.135. The van der Waals surface area contributed by atoms with Crippen LogP contribution in [0.4, 0.5) is 0 Å². The standard InChI is InChI=1S/C18H22ClN5OS.HI/c1-20-18(22-7-6-16-21-8-11-26-16)24-10-9-23(17(25)13-24)12-14-2-4-15(19)5-3-14;/h2-5,8,11H,6-7,9-10,12-13H2,1H3,(H,20,22);1H. The molecule has 3 rings (SSSR count). The van der Waals surface area contributed by atoms with Gasteiger partial charge in [0.1, 0.15) is 0 Å². The minimum atomic E-state index is 0. The van der Waals surface area contributed by atoms with Gasteiger partial charge in [-0.15, -0.1) is 35.3 Å². The first-order valence-electron chi connectivity index (χ1n) is 8.52. The maximum Gasteiger partial charge on any atom is 0.242 e. The van der Waals surface area contributed by atoms with Crippen molar-refractivity contribution in [2.24, 2.45) is 4.99 Å². The minimum absolute atomic E-state index is 0. The number of nitrogens with one attached hydrogen (secondary N) is 1. The number of piperazine rings is 1. The Morgan fingerprint density at radius 2 is 2.11 bits per heavy atom. The van der Waals surface area contributed by atoms with E-state index in [-0.39, 0.29) is 29.9 Å². The van der Waals surface area contributed by atoms with Crippen LogP contribution >= 0.6 is 46.9 Å². The second kappa shape index (κ2) is 10.8. The van der Waals surface area contributed by atoms with Crippen LogP contribution in [0.5, 0.6) is 0 Å². The van der Waals surface area contributed by atoms with Crippen LogP contribution < -0.4 is 5.32 Å². The Hall–Kier alpha value is -1.39. The SMILES string of the molecule is CN=C(NCCc1nccs1)N1CCN(Cc2ccc(Cl)cc2)C(=O)C1.I. The molecule has 6 nitrogen and oxygen atoms in total. The van der Waals surface area contributed by atoms with Gasteiger partial charge >= 0.3 is 0 Å². The Bertz CT molecular complexity index is 754. The summed E-state index contributed by atoms with van der Waals surface area (Å²) in [6, 6.07) is 7.62. The van der Waals surface area contributed by atoms with E-state index >= 15 is 0 Å². The number of guanidine groups is 1. The molecule has 27 heavy (non-hydrogen) atoms. The number of rotatable bonds is 5. The van der Waals surface area contributed by atoms with Gasteiger partial charge in [-0.1, -0.05) is 23.7 Å². The zero-order valence-electron chi connectivity index (χ0n) is 15.1. The van der Waals surface area contributed by atoms with Gasteiger partial charge in [-0.2, -0.15) is 0 Å². The molecular weight excluding hydrogens is 497 g/mol. The van der Waals surface area contributed by atoms with Crippen molar-refractivity contribution in [1.82, 2.24) is 20.1 Å². The number of benzene rings is 1. The molecule has 0 aliphatic carbocycles. The summed E-state index contributed by atoms with van der Waals surface area (Å²) in [6.07, 6.45) is 2.66. The summed E-state index contributed by atoms with van der Waals surface area (Å²) < 4.78 is 0. The summed E-state index contributed by atoms with van der Waals surface area (Å²) in [5.41, 5.74) is 1.09. The Balaban J connectivity index is 0.00000261. The molecule has 0 radical (unpaired) electrons. The van der Waals surface area contributed by atoms with Gasteiger partial charge < -0.3 is 15.1 Å². The van der Waals surface area contributed by atoms with Crippen molar-refractivity contribution in [2.75, 3.05) is 33.2 Å². The van der Waals surface area contributed by atoms with E-state index in [1.54, 1.807) is 18.4 Å². The number of halogens is 2. The van der Waals surface area contributed by atoms with Crippen molar-refractivity contribution in [3.8, 4) is 0 Å². The number of thiazole rings is 1. The summed E-state index contributed by atoms with van der Waals surface area (Å²) in [6.45, 7) is 3.13. The van der Waals surface area contributed by atoms with Crippen LogP contribution in [0, 0.1) is 0 Å². The monoisotopic (exact) mass is 519 g/mol. The molecule has 1 fully saturated rings. The predicted octanol–water partition coefficient (Wildman–Crippen LogP) is 2.88. The molecule has 9 heteroatoms. The number of amides is 1. The van der Waals surface area contributed by atoms with E-state index < -0.39 is 0 Å². The Labute approximate surface area is 185 Å². The molecule has 0 spiro atoms. The molecule has 0 atom stereocenters. The number of hydrogen-bond acceptors (Lipinski definition) is 4. The molecule has 2 heterocycles. The minimum Gasteiger partial charge on any atom is -0.356 e. The maximum absolute atomic E-state index is 12.5. The third-order valence-electron chi connectivity index (χ3n) is 4.22. The fraction of sp³-hybridized carbons (Fsp3) is 0.389. The van der Waals surface area contributed by atoms with Crippen molar-refractivity contribution in [2.45, 2.75) is 13.0 Å². The van der Waals surface area contributed by atoms with Gasteiger partial charge in [0.25, 0.3) is 0 Å². The molecule has 0 unspecified atom stereocenters. The first kappa shape index (κ1) is 21.9. The van der Waals surface area contributed by atoms with Gasteiger partial charge in [0.05, 0.1) is 11.6 Å². The van der Waals surface area contributed by atoms with Gasteiger partial charge in [0.15, 0.2) is 5.96 Å². The molecule has 1 aromatic carbocycles. The first-order chi connectivity index (χ1) is 12.7. The van der Waals surface area contributed by atoms with Crippen molar-refractivity contribution < 1.29 is 4.79 Å². The highest BCUT2D eigenvalue weighted by Crippen LogP contribution is 2.13. The Morgan fingerprint density at radius 1 is 1.33 bits per heavy atom. The zero-order valence-corrected chi connectivity index (χ0v) is 19.0. The fourth-order valence-electron chi connectivity index (χ4n) is 2.86. The van der Waals surface area contributed by atoms with Crippen molar-refractivity contribution in [3.63, 3.8) is 0 Å². The number of aliphatic imine (C=N–C) groups is 1. The molecule has 1 aromatic heterocycles. The molecule has 1 saturated heterocycles. The molecular formula is C18H23ClIN5OS. The lowest BCUT2D eigenvalue weighted by Crippen LogP contribution is -2.55. The van der Waals surface area contributed by atoms with Crippen molar-refractivity contribution in [3.05, 3.63) is 51.4 Å². The topological polar surface area (TPSA) is 60.8 Å². The number of carbonyl (C=O) groups is 1. The summed E-state index contributed by atoms with van der Waals surface area (Å²) >= 11 is 7.56. The van der Waals surface area contributed by atoms with Crippen LogP contribution in [0.3, 0.4) is 0 Å². The van der Waals surface area contributed by atoms with Crippen molar-refractivity contribution >= 4 is 58.8 Å². The highest BCUT2D eigenvalue weighted by atomic mass is 127. The largest absolute Gasteiger partial charge is 0.356 e. The van der Waals surface area contributed by atoms with Gasteiger partial charge in [-0.25, -0.2) is 4.98 Å². The van der Waals surface area contributed by atoms with E-state index in [0.29, 0.717) is 24.7 Å². The van der Waals surface area contributed by atoms with E-state index in [9.17, 15) is 4.79 Å². The Kier molecular flexibility index (Phi) is 8.78. The number of aromatic nitrogens is 1. The first-order valence-corrected chi connectivity index (χ1v) is 9.77. The number of carbonyl (C=O) groups excluding carboxylic acids is 1. The molecule has 1 aliphatic heterocycles. The third kappa shape index (κ3) is 6.32. The van der Waals surface area contributed by atoms with Gasteiger partial charge in [0, 0.05) is 56.2 Å². The third-order valence-corrected chi connectivity index (χ3v) is 5.31. The van der Waals surface area contributed by atoms with Gasteiger partial charge in [0.2, 0.25) is 5.91 Å². The van der Waals surface area contributed by atoms with Gasteiger partial charge in [-0.3, -0.25) is 9.79 Å². The van der Waals surface area contributed by atoms with Crippen LogP contribution in [0.2, 0.25) is 5.02 Å². The molecule has 2 aromatic rings. The summed E-state index contributed by atoms with van der Waals surface area (Å²) in [7, 11) is 1.75. The van der Waals surface area contributed by atoms with Crippen LogP contribution in [0.15, 0.2) is 40.8 Å². The molecule has 0 saturated carbocycles. The highest BCUT2D eigenvalue weighted by Gasteiger charge is 2.25. The van der Waals surface area contributed by atoms with Crippen LogP contribution in [0.25, 0.3) is 0 Å². The summed E-state index contributed by atoms with van der Waals surface area (Å²) in [5.74, 6) is 0.870. The maximum atomic E-state index is 12.5. The number of nitrogens with zero attached hydrogens (tertiary/aromatic N) is 4. The smallest absolute Gasteiger partial charge is 0.242 e. The van der Waals surface area contributed by atoms with Crippen molar-refractivity contribution in [1.29, 1.82) is 0 Å². The highest BCUT2D eigenvalue weighted by molar-refractivity contribution is 14.0. The van der Waals surface area contributed by atoms with Gasteiger partial charge in [-0.05, 0) is 17.7 Å². The summed E-state index contributed by atoms with van der Waals surface area (Å²) in [5, 5.41) is 7.10. The van der Waals surface area contributed by atoms with E-state index in [4.69, 9.17) is 11.6 Å². The molecule has 1 amide bonds. The van der Waals surface area contributed by atoms with E-state index in [1.807, 2.05) is 45.6 Å². The van der Waals surface area contributed by atoms with Crippen LogP contribution in [-0.2, 0) is 17.8 Å². The normalized spacial score (nSPS) is 14.9. The Morgan fingerprint density at radius 3 is 2.74 bits per heavy atom. The zero-order chi connectivity index (χ0) is 18.4. The summed E-state index contributed by atoms with van der Waals surface area (Å²) in [4.78, 5) is 25.0. The average Bonchev–Trinajstić information content (AvgIpc) is 3.16. The molecule has 1 N–H and O–H groups in total. The van der Waals surface area contributed by atoms with E-state index in [0.717, 1.165) is 36.0 Å². The molecule has 146 valence electrons. The lowest BCUT2D eigenvalue weighted by Gasteiger charge is -2.36. The quantitative estimate of drug-likeness (QED) is 0.375. The lowest BCUT2D eigenvalue weighted by atomic mass is 10.2. The predicted molar refractivity (Wildman–Crippen MR) is 121 cm³/mol.